The maximum Gasteiger partial charge on any atom is 0.224 e. The van der Waals surface area contributed by atoms with Gasteiger partial charge in [0.15, 0.2) is 0 Å². The Kier molecular flexibility index (Phi) is 3.96. The van der Waals surface area contributed by atoms with Gasteiger partial charge in [0.05, 0.1) is 6.42 Å². The predicted octanol–water partition coefficient (Wildman–Crippen LogP) is 1.68. The highest BCUT2D eigenvalue weighted by Crippen LogP contribution is 2.17. The van der Waals surface area contributed by atoms with Crippen LogP contribution in [-0.2, 0) is 11.2 Å². The molecule has 0 spiro atoms. The topological polar surface area (TPSA) is 55.1 Å². The van der Waals surface area contributed by atoms with E-state index in [0.29, 0.717) is 6.42 Å². The van der Waals surface area contributed by atoms with E-state index in [-0.39, 0.29) is 18.0 Å². The second-order valence-electron chi connectivity index (χ2n) is 4.43. The Labute approximate surface area is 100 Å². The van der Waals surface area contributed by atoms with E-state index in [4.69, 9.17) is 5.73 Å². The van der Waals surface area contributed by atoms with Gasteiger partial charge in [-0.15, -0.1) is 0 Å². The van der Waals surface area contributed by atoms with Gasteiger partial charge in [-0.2, -0.15) is 11.3 Å². The molecule has 0 unspecified atom stereocenters. The van der Waals surface area contributed by atoms with Crippen LogP contribution in [-0.4, -0.2) is 18.0 Å². The van der Waals surface area contributed by atoms with E-state index in [1.807, 2.05) is 16.8 Å². The van der Waals surface area contributed by atoms with Gasteiger partial charge in [0, 0.05) is 12.1 Å². The highest BCUT2D eigenvalue weighted by atomic mass is 32.1. The van der Waals surface area contributed by atoms with Crippen LogP contribution in [0.1, 0.15) is 31.2 Å². The molecular formula is C12H18N2OS. The fourth-order valence-corrected chi connectivity index (χ4v) is 2.84. The third-order valence-electron chi connectivity index (χ3n) is 3.11. The monoisotopic (exact) mass is 238 g/mol. The van der Waals surface area contributed by atoms with Crippen molar-refractivity contribution in [2.24, 2.45) is 5.73 Å². The average molecular weight is 238 g/mol. The van der Waals surface area contributed by atoms with Crippen LogP contribution in [0.4, 0.5) is 0 Å². The molecule has 1 amide bonds. The van der Waals surface area contributed by atoms with Gasteiger partial charge in [-0.05, 0) is 35.2 Å². The lowest BCUT2D eigenvalue weighted by Crippen LogP contribution is -2.49. The molecule has 1 heterocycles. The second kappa shape index (κ2) is 5.46. The van der Waals surface area contributed by atoms with Gasteiger partial charge in [-0.25, -0.2) is 0 Å². The van der Waals surface area contributed by atoms with Crippen molar-refractivity contribution < 1.29 is 4.79 Å². The first kappa shape index (κ1) is 11.6. The van der Waals surface area contributed by atoms with Gasteiger partial charge in [0.1, 0.15) is 0 Å². The summed E-state index contributed by atoms with van der Waals surface area (Å²) >= 11 is 1.62. The summed E-state index contributed by atoms with van der Waals surface area (Å²) in [7, 11) is 0. The van der Waals surface area contributed by atoms with Crippen molar-refractivity contribution in [1.29, 1.82) is 0 Å². The van der Waals surface area contributed by atoms with Gasteiger partial charge in [-0.1, -0.05) is 12.8 Å². The van der Waals surface area contributed by atoms with Crippen LogP contribution < -0.4 is 11.1 Å². The van der Waals surface area contributed by atoms with Crippen molar-refractivity contribution in [2.75, 3.05) is 0 Å². The van der Waals surface area contributed by atoms with Crippen molar-refractivity contribution in [3.05, 3.63) is 22.4 Å². The molecule has 2 rings (SSSR count). The lowest BCUT2D eigenvalue weighted by atomic mass is 9.91. The van der Waals surface area contributed by atoms with Crippen LogP contribution in [0.2, 0.25) is 0 Å². The summed E-state index contributed by atoms with van der Waals surface area (Å²) in [6.07, 6.45) is 4.90. The third kappa shape index (κ3) is 3.06. The Morgan fingerprint density at radius 1 is 1.50 bits per heavy atom. The Bertz CT molecular complexity index is 337. The molecule has 4 heteroatoms. The van der Waals surface area contributed by atoms with Crippen LogP contribution in [0.15, 0.2) is 16.8 Å². The van der Waals surface area contributed by atoms with Crippen LogP contribution in [0, 0.1) is 0 Å². The van der Waals surface area contributed by atoms with Crippen molar-refractivity contribution in [3.63, 3.8) is 0 Å². The zero-order valence-corrected chi connectivity index (χ0v) is 10.1. The summed E-state index contributed by atoms with van der Waals surface area (Å²) in [6.45, 7) is 0. The SMILES string of the molecule is N[C@H]1CCCC[C@H]1NC(=O)Cc1ccsc1. The average Bonchev–Trinajstić information content (AvgIpc) is 2.74. The van der Waals surface area contributed by atoms with E-state index in [9.17, 15) is 4.79 Å². The Balaban J connectivity index is 1.82. The summed E-state index contributed by atoms with van der Waals surface area (Å²) < 4.78 is 0. The van der Waals surface area contributed by atoms with Crippen LogP contribution in [0.3, 0.4) is 0 Å². The summed E-state index contributed by atoms with van der Waals surface area (Å²) in [5.74, 6) is 0.0979. The maximum absolute atomic E-state index is 11.8. The lowest BCUT2D eigenvalue weighted by Gasteiger charge is -2.29. The zero-order valence-electron chi connectivity index (χ0n) is 9.32. The molecule has 1 aromatic heterocycles. The number of rotatable bonds is 3. The fourth-order valence-electron chi connectivity index (χ4n) is 2.18. The first-order valence-electron chi connectivity index (χ1n) is 5.82. The molecule has 0 saturated heterocycles. The minimum Gasteiger partial charge on any atom is -0.352 e. The molecular weight excluding hydrogens is 220 g/mol. The Morgan fingerprint density at radius 2 is 2.31 bits per heavy atom. The first-order valence-corrected chi connectivity index (χ1v) is 6.76. The smallest absolute Gasteiger partial charge is 0.224 e. The molecule has 88 valence electrons. The van der Waals surface area contributed by atoms with Crippen LogP contribution in [0.25, 0.3) is 0 Å². The highest BCUT2D eigenvalue weighted by molar-refractivity contribution is 7.07. The largest absolute Gasteiger partial charge is 0.352 e. The lowest BCUT2D eigenvalue weighted by molar-refractivity contribution is -0.121. The summed E-state index contributed by atoms with van der Waals surface area (Å²) in [5.41, 5.74) is 7.08. The quantitative estimate of drug-likeness (QED) is 0.841. The van der Waals surface area contributed by atoms with Gasteiger partial charge in [0.25, 0.3) is 0 Å². The molecule has 3 N–H and O–H groups in total. The Hall–Kier alpha value is -0.870. The molecule has 16 heavy (non-hydrogen) atoms. The number of nitrogens with two attached hydrogens (primary N) is 1. The molecule has 3 nitrogen and oxygen atoms in total. The zero-order chi connectivity index (χ0) is 11.4. The van der Waals surface area contributed by atoms with E-state index in [1.165, 1.54) is 12.8 Å². The number of carbonyl (C=O) groups is 1. The minimum atomic E-state index is 0.0979. The third-order valence-corrected chi connectivity index (χ3v) is 3.84. The normalized spacial score (nSPS) is 25.3. The maximum atomic E-state index is 11.8. The highest BCUT2D eigenvalue weighted by Gasteiger charge is 2.23. The first-order chi connectivity index (χ1) is 7.75. The number of thiophene rings is 1. The molecule has 0 bridgehead atoms. The summed E-state index contributed by atoms with van der Waals surface area (Å²) in [6, 6.07) is 2.31. The van der Waals surface area contributed by atoms with Crippen LogP contribution in [0.5, 0.6) is 0 Å². The fraction of sp³-hybridized carbons (Fsp3) is 0.583. The van der Waals surface area contributed by atoms with E-state index in [1.54, 1.807) is 11.3 Å². The molecule has 0 radical (unpaired) electrons. The van der Waals surface area contributed by atoms with E-state index in [2.05, 4.69) is 5.32 Å². The standard InChI is InChI=1S/C12H18N2OS/c13-10-3-1-2-4-11(10)14-12(15)7-9-5-6-16-8-9/h5-6,8,10-11H,1-4,7,13H2,(H,14,15)/t10-,11+/m0/s1. The van der Waals surface area contributed by atoms with Gasteiger partial charge in [-0.3, -0.25) is 4.79 Å². The number of nitrogens with one attached hydrogen (secondary N) is 1. The molecule has 1 aliphatic carbocycles. The molecule has 0 aliphatic heterocycles. The number of hydrogen-bond acceptors (Lipinski definition) is 3. The second-order valence-corrected chi connectivity index (χ2v) is 5.21. The van der Waals surface area contributed by atoms with Crippen LogP contribution >= 0.6 is 11.3 Å². The summed E-state index contributed by atoms with van der Waals surface area (Å²) in [5, 5.41) is 7.06. The summed E-state index contributed by atoms with van der Waals surface area (Å²) in [4.78, 5) is 11.8. The molecule has 0 aromatic carbocycles. The number of carbonyl (C=O) groups excluding carboxylic acids is 1. The van der Waals surface area contributed by atoms with Crippen molar-refractivity contribution >= 4 is 17.2 Å². The van der Waals surface area contributed by atoms with Crippen molar-refractivity contribution in [2.45, 2.75) is 44.2 Å². The minimum absolute atomic E-state index is 0.0979. The molecule has 1 aliphatic rings. The molecule has 2 atom stereocenters. The van der Waals surface area contributed by atoms with Crippen molar-refractivity contribution in [3.8, 4) is 0 Å². The number of hydrogen-bond donors (Lipinski definition) is 2. The molecule has 1 aromatic rings. The van der Waals surface area contributed by atoms with E-state index < -0.39 is 0 Å². The predicted molar refractivity (Wildman–Crippen MR) is 66.4 cm³/mol. The van der Waals surface area contributed by atoms with E-state index in [0.717, 1.165) is 18.4 Å². The van der Waals surface area contributed by atoms with Gasteiger partial charge >= 0.3 is 0 Å². The van der Waals surface area contributed by atoms with Gasteiger partial charge in [0.2, 0.25) is 5.91 Å². The Morgan fingerprint density at radius 3 is 3.00 bits per heavy atom. The van der Waals surface area contributed by atoms with Crippen molar-refractivity contribution in [1.82, 2.24) is 5.32 Å². The molecule has 1 saturated carbocycles. The molecule has 1 fully saturated rings. The van der Waals surface area contributed by atoms with E-state index >= 15 is 0 Å². The number of amides is 1. The van der Waals surface area contributed by atoms with Gasteiger partial charge < -0.3 is 11.1 Å².